The first-order chi connectivity index (χ1) is 7.75. The normalized spacial score (nSPS) is 17.0. The largest absolute Gasteiger partial charge is 0.388 e. The van der Waals surface area contributed by atoms with Gasteiger partial charge in [0.25, 0.3) is 0 Å². The third-order valence-electron chi connectivity index (χ3n) is 2.52. The van der Waals surface area contributed by atoms with Crippen LogP contribution < -0.4 is 11.2 Å². The van der Waals surface area contributed by atoms with E-state index >= 15 is 0 Å². The van der Waals surface area contributed by atoms with Crippen molar-refractivity contribution >= 4 is 23.2 Å². The third kappa shape index (κ3) is 2.86. The highest BCUT2D eigenvalue weighted by Gasteiger charge is 2.11. The predicted molar refractivity (Wildman–Crippen MR) is 67.0 cm³/mol. The third-order valence-corrected chi connectivity index (χ3v) is 2.73. The Kier molecular flexibility index (Phi) is 3.63. The Morgan fingerprint density at radius 1 is 1.38 bits per heavy atom. The molecule has 0 radical (unpaired) electrons. The molecule has 1 aromatic rings. The lowest BCUT2D eigenvalue weighted by Crippen LogP contribution is -2.35. The summed E-state index contributed by atoms with van der Waals surface area (Å²) in [7, 11) is 0. The van der Waals surface area contributed by atoms with Gasteiger partial charge in [-0.25, -0.2) is 15.0 Å². The van der Waals surface area contributed by atoms with E-state index in [4.69, 9.17) is 18.0 Å². The molecule has 86 valence electrons. The molecule has 1 saturated heterocycles. The molecule has 0 amide bonds. The molecule has 2 heterocycles. The van der Waals surface area contributed by atoms with Crippen LogP contribution in [-0.4, -0.2) is 33.1 Å². The van der Waals surface area contributed by atoms with E-state index in [1.54, 1.807) is 12.3 Å². The van der Waals surface area contributed by atoms with Gasteiger partial charge in [-0.15, -0.1) is 0 Å². The van der Waals surface area contributed by atoms with E-state index in [0.29, 0.717) is 16.6 Å². The molecule has 1 aliphatic rings. The Labute approximate surface area is 100 Å². The number of piperidine rings is 1. The summed E-state index contributed by atoms with van der Waals surface area (Å²) in [5, 5.41) is 2.13. The maximum Gasteiger partial charge on any atom is 0.238 e. The van der Waals surface area contributed by atoms with Crippen LogP contribution in [0.1, 0.15) is 25.0 Å². The Morgan fingerprint density at radius 3 is 2.81 bits per heavy atom. The molecule has 0 unspecified atom stereocenters. The fraction of sp³-hybridized carbons (Fsp3) is 0.500. The number of rotatable bonds is 3. The molecular formula is C10H15N5S. The first kappa shape index (κ1) is 11.2. The quantitative estimate of drug-likeness (QED) is 0.762. The molecule has 6 heteroatoms. The highest BCUT2D eigenvalue weighted by molar-refractivity contribution is 7.80. The van der Waals surface area contributed by atoms with Gasteiger partial charge < -0.3 is 5.73 Å². The van der Waals surface area contributed by atoms with Gasteiger partial charge in [0.05, 0.1) is 0 Å². The molecule has 0 bridgehead atoms. The van der Waals surface area contributed by atoms with Gasteiger partial charge in [-0.2, -0.15) is 0 Å². The molecule has 16 heavy (non-hydrogen) atoms. The van der Waals surface area contributed by atoms with Crippen LogP contribution in [0, 0.1) is 0 Å². The summed E-state index contributed by atoms with van der Waals surface area (Å²) < 4.78 is 0. The molecule has 3 N–H and O–H groups in total. The van der Waals surface area contributed by atoms with E-state index in [-0.39, 0.29) is 0 Å². The number of thiocarbonyl (C=S) groups is 1. The number of hydrazine groups is 1. The SMILES string of the molecule is NC(=S)c1ccnc(NN2CCCCC2)n1. The molecule has 1 aliphatic heterocycles. The summed E-state index contributed by atoms with van der Waals surface area (Å²) in [6, 6.07) is 1.71. The molecule has 1 aromatic heterocycles. The number of anilines is 1. The number of aromatic nitrogens is 2. The number of nitrogens with two attached hydrogens (primary N) is 1. The second-order valence-electron chi connectivity index (χ2n) is 3.79. The van der Waals surface area contributed by atoms with E-state index in [1.165, 1.54) is 19.3 Å². The van der Waals surface area contributed by atoms with Crippen molar-refractivity contribution in [1.29, 1.82) is 0 Å². The Balaban J connectivity index is 2.02. The van der Waals surface area contributed by atoms with E-state index < -0.39 is 0 Å². The first-order valence-electron chi connectivity index (χ1n) is 5.40. The second kappa shape index (κ2) is 5.18. The molecule has 0 atom stereocenters. The highest BCUT2D eigenvalue weighted by Crippen LogP contribution is 2.09. The van der Waals surface area contributed by atoms with Crippen LogP contribution in [-0.2, 0) is 0 Å². The zero-order valence-corrected chi connectivity index (χ0v) is 9.83. The molecule has 0 saturated carbocycles. The van der Waals surface area contributed by atoms with Gasteiger partial charge >= 0.3 is 0 Å². The first-order valence-corrected chi connectivity index (χ1v) is 5.81. The number of nitrogens with one attached hydrogen (secondary N) is 1. The van der Waals surface area contributed by atoms with Gasteiger partial charge in [0.15, 0.2) is 0 Å². The Morgan fingerprint density at radius 2 is 2.12 bits per heavy atom. The van der Waals surface area contributed by atoms with Crippen LogP contribution >= 0.6 is 12.2 Å². The minimum Gasteiger partial charge on any atom is -0.388 e. The Bertz CT molecular complexity index is 375. The smallest absolute Gasteiger partial charge is 0.238 e. The molecule has 2 rings (SSSR count). The van der Waals surface area contributed by atoms with Gasteiger partial charge in [-0.1, -0.05) is 18.6 Å². The van der Waals surface area contributed by atoms with Crippen molar-refractivity contribution < 1.29 is 0 Å². The van der Waals surface area contributed by atoms with Crippen LogP contribution in [0.15, 0.2) is 12.3 Å². The molecule has 5 nitrogen and oxygen atoms in total. The topological polar surface area (TPSA) is 67.1 Å². The summed E-state index contributed by atoms with van der Waals surface area (Å²) in [6.45, 7) is 2.06. The van der Waals surface area contributed by atoms with Crippen molar-refractivity contribution in [3.63, 3.8) is 0 Å². The van der Waals surface area contributed by atoms with E-state index in [9.17, 15) is 0 Å². The summed E-state index contributed by atoms with van der Waals surface area (Å²) in [6.07, 6.45) is 5.38. The van der Waals surface area contributed by atoms with Crippen LogP contribution in [0.25, 0.3) is 0 Å². The summed E-state index contributed by atoms with van der Waals surface area (Å²) in [5.41, 5.74) is 9.29. The van der Waals surface area contributed by atoms with Gasteiger partial charge in [-0.05, 0) is 18.9 Å². The van der Waals surface area contributed by atoms with Gasteiger partial charge in [0, 0.05) is 19.3 Å². The van der Waals surface area contributed by atoms with Crippen LogP contribution in [0.5, 0.6) is 0 Å². The average molecular weight is 237 g/mol. The maximum absolute atomic E-state index is 5.52. The average Bonchev–Trinajstić information content (AvgIpc) is 2.30. The summed E-state index contributed by atoms with van der Waals surface area (Å²) >= 11 is 4.87. The molecule has 0 spiro atoms. The van der Waals surface area contributed by atoms with E-state index in [0.717, 1.165) is 13.1 Å². The number of hydrogen-bond acceptors (Lipinski definition) is 5. The van der Waals surface area contributed by atoms with Crippen LogP contribution in [0.2, 0.25) is 0 Å². The van der Waals surface area contributed by atoms with Gasteiger partial charge in [0.1, 0.15) is 10.7 Å². The fourth-order valence-corrected chi connectivity index (χ4v) is 1.81. The van der Waals surface area contributed by atoms with Gasteiger partial charge in [-0.3, -0.25) is 5.43 Å². The zero-order chi connectivity index (χ0) is 11.4. The lowest BCUT2D eigenvalue weighted by atomic mass is 10.2. The van der Waals surface area contributed by atoms with Crippen LogP contribution in [0.3, 0.4) is 0 Å². The summed E-state index contributed by atoms with van der Waals surface area (Å²) in [4.78, 5) is 8.67. The van der Waals surface area contributed by atoms with Crippen molar-refractivity contribution in [3.8, 4) is 0 Å². The zero-order valence-electron chi connectivity index (χ0n) is 9.02. The minimum atomic E-state index is 0.295. The Hall–Kier alpha value is -1.27. The second-order valence-corrected chi connectivity index (χ2v) is 4.23. The molecule has 1 fully saturated rings. The number of nitrogens with zero attached hydrogens (tertiary/aromatic N) is 3. The molecule has 0 aliphatic carbocycles. The van der Waals surface area contributed by atoms with E-state index in [2.05, 4.69) is 20.4 Å². The van der Waals surface area contributed by atoms with Gasteiger partial charge in [0.2, 0.25) is 5.95 Å². The molecule has 0 aromatic carbocycles. The predicted octanol–water partition coefficient (Wildman–Crippen LogP) is 0.924. The lowest BCUT2D eigenvalue weighted by Gasteiger charge is -2.26. The highest BCUT2D eigenvalue weighted by atomic mass is 32.1. The lowest BCUT2D eigenvalue weighted by molar-refractivity contribution is 0.271. The van der Waals surface area contributed by atoms with Crippen LogP contribution in [0.4, 0.5) is 5.95 Å². The minimum absolute atomic E-state index is 0.295. The van der Waals surface area contributed by atoms with Crippen molar-refractivity contribution in [2.75, 3.05) is 18.5 Å². The van der Waals surface area contributed by atoms with Crippen molar-refractivity contribution in [3.05, 3.63) is 18.0 Å². The fourth-order valence-electron chi connectivity index (χ4n) is 1.70. The van der Waals surface area contributed by atoms with E-state index in [1.807, 2.05) is 0 Å². The molecular weight excluding hydrogens is 222 g/mol. The number of hydrogen-bond donors (Lipinski definition) is 2. The van der Waals surface area contributed by atoms with Crippen molar-refractivity contribution in [2.45, 2.75) is 19.3 Å². The van der Waals surface area contributed by atoms with Crippen molar-refractivity contribution in [2.24, 2.45) is 5.73 Å². The summed E-state index contributed by atoms with van der Waals surface area (Å²) in [5.74, 6) is 0.562. The van der Waals surface area contributed by atoms with Crippen molar-refractivity contribution in [1.82, 2.24) is 15.0 Å². The standard InChI is InChI=1S/C10H15N5S/c11-9(16)8-4-5-12-10(13-8)14-15-6-2-1-3-7-15/h4-5H,1-3,6-7H2,(H2,11,16)(H,12,13,14). The maximum atomic E-state index is 5.52. The monoisotopic (exact) mass is 237 g/mol.